The summed E-state index contributed by atoms with van der Waals surface area (Å²) in [5.41, 5.74) is 7.24. The zero-order valence-electron chi connectivity index (χ0n) is 8.37. The first-order chi connectivity index (χ1) is 7.15. The molecule has 1 aromatic rings. The molecule has 0 radical (unpaired) electrons. The number of carbonyl (C=O) groups excluding carboxylic acids is 1. The molecular weight excluding hydrogens is 195 g/mol. The van der Waals surface area contributed by atoms with Crippen molar-refractivity contribution < 1.29 is 9.18 Å². The highest BCUT2D eigenvalue weighted by Gasteiger charge is 2.17. The molecule has 1 heterocycles. The van der Waals surface area contributed by atoms with Gasteiger partial charge in [0.05, 0.1) is 6.54 Å². The van der Waals surface area contributed by atoms with Gasteiger partial charge in [0, 0.05) is 13.1 Å². The summed E-state index contributed by atoms with van der Waals surface area (Å²) in [5.74, 6) is -0.565. The van der Waals surface area contributed by atoms with Crippen LogP contribution in [-0.4, -0.2) is 23.9 Å². The molecule has 0 bridgehead atoms. The summed E-state index contributed by atoms with van der Waals surface area (Å²) in [7, 11) is 0. The van der Waals surface area contributed by atoms with Crippen LogP contribution < -0.4 is 5.73 Å². The minimum atomic E-state index is -0.338. The second-order valence-corrected chi connectivity index (χ2v) is 3.84. The second-order valence-electron chi connectivity index (χ2n) is 3.84. The van der Waals surface area contributed by atoms with Crippen molar-refractivity contribution in [2.24, 2.45) is 5.73 Å². The fourth-order valence-electron chi connectivity index (χ4n) is 1.94. The highest BCUT2D eigenvalue weighted by atomic mass is 19.1. The number of nitrogens with two attached hydrogens (primary N) is 1. The summed E-state index contributed by atoms with van der Waals surface area (Å²) in [6, 6.07) is 4.82. The van der Waals surface area contributed by atoms with E-state index in [9.17, 15) is 9.18 Å². The first kappa shape index (κ1) is 10.1. The van der Waals surface area contributed by atoms with Gasteiger partial charge in [-0.2, -0.15) is 0 Å². The molecule has 0 saturated carbocycles. The molecule has 2 rings (SSSR count). The summed E-state index contributed by atoms with van der Waals surface area (Å²) in [6.07, 6.45) is 0.850. The maximum Gasteiger partial charge on any atom is 0.231 e. The van der Waals surface area contributed by atoms with Gasteiger partial charge in [-0.3, -0.25) is 9.69 Å². The molecule has 3 nitrogen and oxygen atoms in total. The Balaban J connectivity index is 2.14. The third-order valence-corrected chi connectivity index (χ3v) is 2.64. The van der Waals surface area contributed by atoms with Crippen molar-refractivity contribution in [1.29, 1.82) is 0 Å². The molecule has 80 valence electrons. The molecule has 2 N–H and O–H groups in total. The summed E-state index contributed by atoms with van der Waals surface area (Å²) in [6.45, 7) is 1.66. The standard InChI is InChI=1S/C11H13FN2O/c12-10-2-1-8-3-4-14(7-11(13)15)6-9(8)5-10/h1-2,5H,3-4,6-7H2,(H2,13,15). The molecule has 0 saturated heterocycles. The van der Waals surface area contributed by atoms with Crippen molar-refractivity contribution in [1.82, 2.24) is 4.90 Å². The minimum Gasteiger partial charge on any atom is -0.369 e. The molecule has 0 unspecified atom stereocenters. The van der Waals surface area contributed by atoms with Gasteiger partial charge in [-0.15, -0.1) is 0 Å². The van der Waals surface area contributed by atoms with Gasteiger partial charge in [-0.25, -0.2) is 4.39 Å². The molecule has 0 atom stereocenters. The van der Waals surface area contributed by atoms with E-state index in [1.807, 2.05) is 11.0 Å². The van der Waals surface area contributed by atoms with Crippen molar-refractivity contribution in [2.45, 2.75) is 13.0 Å². The Hall–Kier alpha value is -1.42. The van der Waals surface area contributed by atoms with Crippen LogP contribution in [0.4, 0.5) is 4.39 Å². The molecule has 1 aliphatic heterocycles. The van der Waals surface area contributed by atoms with E-state index in [2.05, 4.69) is 0 Å². The van der Waals surface area contributed by atoms with E-state index in [4.69, 9.17) is 5.73 Å². The number of rotatable bonds is 2. The Labute approximate surface area is 87.7 Å². The minimum absolute atomic E-state index is 0.227. The van der Waals surface area contributed by atoms with Crippen LogP contribution >= 0.6 is 0 Å². The van der Waals surface area contributed by atoms with Gasteiger partial charge < -0.3 is 5.73 Å². The van der Waals surface area contributed by atoms with Gasteiger partial charge in [0.2, 0.25) is 5.91 Å². The summed E-state index contributed by atoms with van der Waals surface area (Å²) < 4.78 is 13.0. The van der Waals surface area contributed by atoms with Gasteiger partial charge in [0.25, 0.3) is 0 Å². The average Bonchev–Trinajstić information content (AvgIpc) is 2.16. The number of primary amides is 1. The zero-order chi connectivity index (χ0) is 10.8. The molecule has 0 aromatic heterocycles. The number of fused-ring (bicyclic) bond motifs is 1. The Morgan fingerprint density at radius 2 is 2.27 bits per heavy atom. The van der Waals surface area contributed by atoms with E-state index < -0.39 is 0 Å². The molecule has 15 heavy (non-hydrogen) atoms. The Morgan fingerprint density at radius 1 is 1.47 bits per heavy atom. The highest BCUT2D eigenvalue weighted by molar-refractivity contribution is 5.75. The highest BCUT2D eigenvalue weighted by Crippen LogP contribution is 2.19. The lowest BCUT2D eigenvalue weighted by Crippen LogP contribution is -2.37. The van der Waals surface area contributed by atoms with Gasteiger partial charge in [0.1, 0.15) is 5.82 Å². The number of benzene rings is 1. The average molecular weight is 208 g/mol. The third kappa shape index (κ3) is 2.33. The largest absolute Gasteiger partial charge is 0.369 e. The normalized spacial score (nSPS) is 16.1. The predicted octanol–water partition coefficient (Wildman–Crippen LogP) is 0.669. The zero-order valence-corrected chi connectivity index (χ0v) is 8.37. The monoisotopic (exact) mass is 208 g/mol. The number of hydrogen-bond donors (Lipinski definition) is 1. The van der Waals surface area contributed by atoms with E-state index >= 15 is 0 Å². The SMILES string of the molecule is NC(=O)CN1CCc2ccc(F)cc2C1. The molecular formula is C11H13FN2O. The number of nitrogens with zero attached hydrogens (tertiary/aromatic N) is 1. The van der Waals surface area contributed by atoms with Crippen molar-refractivity contribution >= 4 is 5.91 Å². The van der Waals surface area contributed by atoms with Crippen LogP contribution in [0.25, 0.3) is 0 Å². The number of halogens is 1. The first-order valence-corrected chi connectivity index (χ1v) is 4.93. The van der Waals surface area contributed by atoms with Crippen LogP contribution in [0.2, 0.25) is 0 Å². The van der Waals surface area contributed by atoms with E-state index in [-0.39, 0.29) is 18.3 Å². The van der Waals surface area contributed by atoms with Gasteiger partial charge in [-0.1, -0.05) is 6.07 Å². The van der Waals surface area contributed by atoms with Crippen molar-refractivity contribution in [2.75, 3.05) is 13.1 Å². The Bertz CT molecular complexity index is 392. The van der Waals surface area contributed by atoms with E-state index in [1.165, 1.54) is 12.1 Å². The fraction of sp³-hybridized carbons (Fsp3) is 0.364. The molecule has 1 aliphatic rings. The van der Waals surface area contributed by atoms with Crippen LogP contribution in [0.1, 0.15) is 11.1 Å². The van der Waals surface area contributed by atoms with Crippen LogP contribution in [-0.2, 0) is 17.8 Å². The smallest absolute Gasteiger partial charge is 0.231 e. The number of hydrogen-bond acceptors (Lipinski definition) is 2. The molecule has 0 aliphatic carbocycles. The first-order valence-electron chi connectivity index (χ1n) is 4.93. The Morgan fingerprint density at radius 3 is 3.00 bits per heavy atom. The van der Waals surface area contributed by atoms with Crippen molar-refractivity contribution in [3.63, 3.8) is 0 Å². The molecule has 1 amide bonds. The van der Waals surface area contributed by atoms with Crippen molar-refractivity contribution in [3.05, 3.63) is 35.1 Å². The van der Waals surface area contributed by atoms with Gasteiger partial charge >= 0.3 is 0 Å². The summed E-state index contributed by atoms with van der Waals surface area (Å²) in [5, 5.41) is 0. The lowest BCUT2D eigenvalue weighted by Gasteiger charge is -2.27. The number of carbonyl (C=O) groups is 1. The lowest BCUT2D eigenvalue weighted by atomic mass is 10.00. The lowest BCUT2D eigenvalue weighted by molar-refractivity contribution is -0.119. The summed E-state index contributed by atoms with van der Waals surface area (Å²) in [4.78, 5) is 12.7. The molecule has 1 aromatic carbocycles. The molecule has 4 heteroatoms. The van der Waals surface area contributed by atoms with Crippen LogP contribution in [0.15, 0.2) is 18.2 Å². The second kappa shape index (κ2) is 3.98. The quantitative estimate of drug-likeness (QED) is 0.776. The fourth-order valence-corrected chi connectivity index (χ4v) is 1.94. The van der Waals surface area contributed by atoms with E-state index in [0.29, 0.717) is 6.54 Å². The van der Waals surface area contributed by atoms with Crippen molar-refractivity contribution in [3.8, 4) is 0 Å². The van der Waals surface area contributed by atoms with Crippen LogP contribution in [0, 0.1) is 5.82 Å². The van der Waals surface area contributed by atoms with Gasteiger partial charge in [0.15, 0.2) is 0 Å². The van der Waals surface area contributed by atoms with Gasteiger partial charge in [-0.05, 0) is 29.7 Å². The topological polar surface area (TPSA) is 46.3 Å². The van der Waals surface area contributed by atoms with Crippen LogP contribution in [0.5, 0.6) is 0 Å². The van der Waals surface area contributed by atoms with E-state index in [0.717, 1.165) is 24.1 Å². The molecule has 0 spiro atoms. The van der Waals surface area contributed by atoms with Crippen LogP contribution in [0.3, 0.4) is 0 Å². The number of amides is 1. The Kier molecular flexibility index (Phi) is 2.68. The third-order valence-electron chi connectivity index (χ3n) is 2.64. The summed E-state index contributed by atoms with van der Waals surface area (Å²) >= 11 is 0. The predicted molar refractivity (Wildman–Crippen MR) is 54.6 cm³/mol. The van der Waals surface area contributed by atoms with E-state index in [1.54, 1.807) is 0 Å². The molecule has 0 fully saturated rings. The maximum absolute atomic E-state index is 13.0. The maximum atomic E-state index is 13.0.